The third-order valence-electron chi connectivity index (χ3n) is 4.50. The van der Waals surface area contributed by atoms with E-state index in [-0.39, 0.29) is 11.8 Å². The summed E-state index contributed by atoms with van der Waals surface area (Å²) in [5.74, 6) is 0.668. The molecule has 0 radical (unpaired) electrons. The van der Waals surface area contributed by atoms with Crippen molar-refractivity contribution >= 4 is 11.6 Å². The Morgan fingerprint density at radius 1 is 1.33 bits per heavy atom. The second kappa shape index (κ2) is 7.57. The minimum absolute atomic E-state index is 0.0627. The van der Waals surface area contributed by atoms with Crippen LogP contribution in [0.1, 0.15) is 26.3 Å². The Morgan fingerprint density at radius 3 is 2.57 bits per heavy atom. The number of benzene rings is 1. The van der Waals surface area contributed by atoms with Gasteiger partial charge in [0.2, 0.25) is 5.91 Å². The molecular formula is C17H27N3O. The van der Waals surface area contributed by atoms with Crippen molar-refractivity contribution in [1.82, 2.24) is 10.2 Å². The van der Waals surface area contributed by atoms with E-state index in [9.17, 15) is 4.79 Å². The quantitative estimate of drug-likeness (QED) is 0.809. The zero-order chi connectivity index (χ0) is 15.2. The number of nitrogens with zero attached hydrogens (tertiary/aromatic N) is 1. The van der Waals surface area contributed by atoms with Gasteiger partial charge >= 0.3 is 0 Å². The van der Waals surface area contributed by atoms with Crippen LogP contribution >= 0.6 is 0 Å². The van der Waals surface area contributed by atoms with Gasteiger partial charge in [0.05, 0.1) is 0 Å². The molecule has 0 aromatic heterocycles. The molecule has 0 bridgehead atoms. The lowest BCUT2D eigenvalue weighted by molar-refractivity contribution is -0.121. The van der Waals surface area contributed by atoms with Crippen molar-refractivity contribution < 1.29 is 4.79 Å². The number of carbonyl (C=O) groups excluding carboxylic acids is 1. The molecule has 1 saturated heterocycles. The minimum atomic E-state index is 0.0627. The SMILES string of the molecule is CCN(CC)Cc1ccccc1NC(=O)C(C)C1CNC1. The van der Waals surface area contributed by atoms with Crippen molar-refractivity contribution in [3.05, 3.63) is 29.8 Å². The highest BCUT2D eigenvalue weighted by atomic mass is 16.1. The first kappa shape index (κ1) is 16.0. The molecule has 1 aromatic rings. The number of para-hydroxylation sites is 1. The summed E-state index contributed by atoms with van der Waals surface area (Å²) in [5.41, 5.74) is 2.14. The van der Waals surface area contributed by atoms with Gasteiger partial charge in [0, 0.05) is 18.2 Å². The molecule has 1 unspecified atom stereocenters. The summed E-state index contributed by atoms with van der Waals surface area (Å²) in [6, 6.07) is 8.12. The van der Waals surface area contributed by atoms with Gasteiger partial charge in [-0.15, -0.1) is 0 Å². The van der Waals surface area contributed by atoms with E-state index in [1.54, 1.807) is 0 Å². The van der Waals surface area contributed by atoms with E-state index in [4.69, 9.17) is 0 Å². The average molecular weight is 289 g/mol. The van der Waals surface area contributed by atoms with Crippen LogP contribution in [0.5, 0.6) is 0 Å². The molecule has 21 heavy (non-hydrogen) atoms. The molecule has 1 aliphatic heterocycles. The van der Waals surface area contributed by atoms with Crippen molar-refractivity contribution in [2.45, 2.75) is 27.3 Å². The Bertz CT molecular complexity index is 467. The van der Waals surface area contributed by atoms with Gasteiger partial charge in [-0.3, -0.25) is 9.69 Å². The number of anilines is 1. The second-order valence-electron chi connectivity index (χ2n) is 5.81. The number of hydrogen-bond acceptors (Lipinski definition) is 3. The van der Waals surface area contributed by atoms with Gasteiger partial charge < -0.3 is 10.6 Å². The van der Waals surface area contributed by atoms with Crippen LogP contribution in [0.15, 0.2) is 24.3 Å². The van der Waals surface area contributed by atoms with Crippen molar-refractivity contribution in [1.29, 1.82) is 0 Å². The molecule has 4 nitrogen and oxygen atoms in total. The third-order valence-corrected chi connectivity index (χ3v) is 4.50. The van der Waals surface area contributed by atoms with Crippen LogP contribution in [-0.4, -0.2) is 37.0 Å². The highest BCUT2D eigenvalue weighted by molar-refractivity contribution is 5.93. The van der Waals surface area contributed by atoms with E-state index in [0.717, 1.165) is 38.4 Å². The highest BCUT2D eigenvalue weighted by Gasteiger charge is 2.28. The summed E-state index contributed by atoms with van der Waals surface area (Å²) >= 11 is 0. The number of rotatable bonds is 7. The van der Waals surface area contributed by atoms with E-state index >= 15 is 0 Å². The van der Waals surface area contributed by atoms with Crippen molar-refractivity contribution in [2.75, 3.05) is 31.5 Å². The molecule has 0 aliphatic carbocycles. The molecule has 1 aromatic carbocycles. The van der Waals surface area contributed by atoms with E-state index < -0.39 is 0 Å². The van der Waals surface area contributed by atoms with E-state index in [1.165, 1.54) is 5.56 Å². The van der Waals surface area contributed by atoms with Crippen LogP contribution < -0.4 is 10.6 Å². The predicted molar refractivity (Wildman–Crippen MR) is 87.2 cm³/mol. The van der Waals surface area contributed by atoms with Gasteiger partial charge in [-0.05, 0) is 43.7 Å². The van der Waals surface area contributed by atoms with Crippen LogP contribution in [0.2, 0.25) is 0 Å². The lowest BCUT2D eigenvalue weighted by Gasteiger charge is -2.32. The molecule has 1 heterocycles. The van der Waals surface area contributed by atoms with Gasteiger partial charge in [0.25, 0.3) is 0 Å². The Morgan fingerprint density at radius 2 is 2.00 bits per heavy atom. The highest BCUT2D eigenvalue weighted by Crippen LogP contribution is 2.21. The monoisotopic (exact) mass is 289 g/mol. The van der Waals surface area contributed by atoms with Gasteiger partial charge in [-0.2, -0.15) is 0 Å². The second-order valence-corrected chi connectivity index (χ2v) is 5.81. The lowest BCUT2D eigenvalue weighted by Crippen LogP contribution is -2.48. The topological polar surface area (TPSA) is 44.4 Å². The first-order valence-corrected chi connectivity index (χ1v) is 7.97. The molecule has 1 amide bonds. The summed E-state index contributed by atoms with van der Waals surface area (Å²) in [6.45, 7) is 11.2. The Labute approximate surface area is 127 Å². The molecule has 1 fully saturated rings. The molecule has 0 spiro atoms. The molecule has 4 heteroatoms. The Balaban J connectivity index is 2.03. The number of hydrogen-bond donors (Lipinski definition) is 2. The fraction of sp³-hybridized carbons (Fsp3) is 0.588. The molecular weight excluding hydrogens is 262 g/mol. The molecule has 116 valence electrons. The Hall–Kier alpha value is -1.39. The fourth-order valence-electron chi connectivity index (χ4n) is 2.59. The van der Waals surface area contributed by atoms with Gasteiger partial charge in [-0.25, -0.2) is 0 Å². The fourth-order valence-corrected chi connectivity index (χ4v) is 2.59. The van der Waals surface area contributed by atoms with Crippen LogP contribution in [0, 0.1) is 11.8 Å². The maximum atomic E-state index is 12.4. The smallest absolute Gasteiger partial charge is 0.227 e. The third kappa shape index (κ3) is 4.05. The maximum Gasteiger partial charge on any atom is 0.227 e. The predicted octanol–water partition coefficient (Wildman–Crippen LogP) is 2.32. The maximum absolute atomic E-state index is 12.4. The van der Waals surface area contributed by atoms with E-state index in [2.05, 4.69) is 35.4 Å². The zero-order valence-electron chi connectivity index (χ0n) is 13.4. The van der Waals surface area contributed by atoms with Crippen LogP contribution in [0.4, 0.5) is 5.69 Å². The van der Waals surface area contributed by atoms with Crippen molar-refractivity contribution in [3.8, 4) is 0 Å². The standard InChI is InChI=1S/C17H27N3O/c1-4-20(5-2)12-14-8-6-7-9-16(14)19-17(21)13(3)15-10-18-11-15/h6-9,13,15,18H,4-5,10-12H2,1-3H3,(H,19,21). The Kier molecular flexibility index (Phi) is 5.76. The molecule has 2 rings (SSSR count). The summed E-state index contributed by atoms with van der Waals surface area (Å²) < 4.78 is 0. The summed E-state index contributed by atoms with van der Waals surface area (Å²) in [7, 11) is 0. The molecule has 1 aliphatic rings. The minimum Gasteiger partial charge on any atom is -0.326 e. The summed E-state index contributed by atoms with van der Waals surface area (Å²) in [6.07, 6.45) is 0. The lowest BCUT2D eigenvalue weighted by atomic mass is 9.88. The van der Waals surface area contributed by atoms with E-state index in [0.29, 0.717) is 5.92 Å². The first-order chi connectivity index (χ1) is 10.2. The first-order valence-electron chi connectivity index (χ1n) is 7.97. The van der Waals surface area contributed by atoms with E-state index in [1.807, 2.05) is 25.1 Å². The largest absolute Gasteiger partial charge is 0.326 e. The molecule has 2 N–H and O–H groups in total. The zero-order valence-corrected chi connectivity index (χ0v) is 13.4. The normalized spacial score (nSPS) is 16.6. The molecule has 1 atom stereocenters. The van der Waals surface area contributed by atoms with Crippen molar-refractivity contribution in [3.63, 3.8) is 0 Å². The van der Waals surface area contributed by atoms with Gasteiger partial charge in [-0.1, -0.05) is 39.0 Å². The average Bonchev–Trinajstić information content (AvgIpc) is 2.44. The van der Waals surface area contributed by atoms with Crippen LogP contribution in [0.3, 0.4) is 0 Å². The number of nitrogens with one attached hydrogen (secondary N) is 2. The summed E-state index contributed by atoms with van der Waals surface area (Å²) in [5, 5.41) is 6.35. The molecule has 0 saturated carbocycles. The van der Waals surface area contributed by atoms with Gasteiger partial charge in [0.15, 0.2) is 0 Å². The van der Waals surface area contributed by atoms with Gasteiger partial charge in [0.1, 0.15) is 0 Å². The number of carbonyl (C=O) groups is 1. The van der Waals surface area contributed by atoms with Crippen LogP contribution in [-0.2, 0) is 11.3 Å². The van der Waals surface area contributed by atoms with Crippen molar-refractivity contribution in [2.24, 2.45) is 11.8 Å². The van der Waals surface area contributed by atoms with Crippen LogP contribution in [0.25, 0.3) is 0 Å². The number of amides is 1. The summed E-state index contributed by atoms with van der Waals surface area (Å²) in [4.78, 5) is 14.7.